The molecule has 38 heavy (non-hydrogen) atoms. The van der Waals surface area contributed by atoms with E-state index in [1.165, 1.54) is 11.6 Å². The van der Waals surface area contributed by atoms with Crippen molar-refractivity contribution in [1.29, 1.82) is 0 Å². The number of benzene rings is 2. The maximum Gasteiger partial charge on any atom is 0.226 e. The van der Waals surface area contributed by atoms with E-state index in [4.69, 9.17) is 12.2 Å². The highest BCUT2D eigenvalue weighted by Crippen LogP contribution is 2.43. The molecule has 0 saturated carbocycles. The SMILES string of the molecule is Cc1c([C@@H]2[C@H](c3ccccn3)NC(=S)N2CCC(=O)Nc2ccccc2F)c(C)n(-c2ccccc2)c1C. The summed E-state index contributed by atoms with van der Waals surface area (Å²) >= 11 is 5.81. The average Bonchev–Trinajstić information content (AvgIpc) is 3.36. The van der Waals surface area contributed by atoms with Crippen LogP contribution < -0.4 is 10.6 Å². The Morgan fingerprint density at radius 3 is 2.42 bits per heavy atom. The number of carbonyl (C=O) groups is 1. The number of nitrogens with one attached hydrogen (secondary N) is 2. The van der Waals surface area contributed by atoms with Crippen molar-refractivity contribution < 1.29 is 9.18 Å². The maximum atomic E-state index is 14.1. The zero-order valence-electron chi connectivity index (χ0n) is 21.6. The number of thiocarbonyl (C=S) groups is 1. The molecule has 2 aromatic carbocycles. The third-order valence-corrected chi connectivity index (χ3v) is 7.60. The topological polar surface area (TPSA) is 62.2 Å². The number of hydrogen-bond donors (Lipinski definition) is 2. The van der Waals surface area contributed by atoms with E-state index in [-0.39, 0.29) is 30.1 Å². The van der Waals surface area contributed by atoms with Crippen LogP contribution in [0.15, 0.2) is 79.0 Å². The van der Waals surface area contributed by atoms with Gasteiger partial charge in [-0.1, -0.05) is 36.4 Å². The van der Waals surface area contributed by atoms with Gasteiger partial charge in [-0.15, -0.1) is 0 Å². The fourth-order valence-corrected chi connectivity index (χ4v) is 5.70. The Bertz CT molecular complexity index is 1470. The summed E-state index contributed by atoms with van der Waals surface area (Å²) in [6.07, 6.45) is 1.93. The van der Waals surface area contributed by atoms with E-state index < -0.39 is 5.82 Å². The van der Waals surface area contributed by atoms with Gasteiger partial charge in [0.1, 0.15) is 5.82 Å². The first-order chi connectivity index (χ1) is 18.4. The molecule has 0 aliphatic carbocycles. The normalized spacial score (nSPS) is 16.9. The third kappa shape index (κ3) is 4.79. The lowest BCUT2D eigenvalue weighted by atomic mass is 9.93. The van der Waals surface area contributed by atoms with Crippen LogP contribution in [0.1, 0.15) is 46.7 Å². The highest BCUT2D eigenvalue weighted by molar-refractivity contribution is 7.80. The van der Waals surface area contributed by atoms with Gasteiger partial charge in [-0.3, -0.25) is 9.78 Å². The molecule has 1 aliphatic rings. The van der Waals surface area contributed by atoms with Gasteiger partial charge in [0.05, 0.1) is 23.5 Å². The second-order valence-corrected chi connectivity index (χ2v) is 9.87. The number of anilines is 1. The number of amides is 1. The van der Waals surface area contributed by atoms with Crippen LogP contribution in [0.3, 0.4) is 0 Å². The second-order valence-electron chi connectivity index (χ2n) is 9.48. The molecule has 1 saturated heterocycles. The molecule has 8 heteroatoms. The number of aromatic nitrogens is 2. The maximum absolute atomic E-state index is 14.1. The van der Waals surface area contributed by atoms with Crippen LogP contribution in [0.5, 0.6) is 0 Å². The van der Waals surface area contributed by atoms with E-state index in [2.05, 4.69) is 58.0 Å². The number of para-hydroxylation sites is 2. The quantitative estimate of drug-likeness (QED) is 0.292. The first-order valence-corrected chi connectivity index (χ1v) is 13.0. The molecule has 1 aliphatic heterocycles. The summed E-state index contributed by atoms with van der Waals surface area (Å²) in [6, 6.07) is 21.9. The average molecular weight is 528 g/mol. The molecule has 0 unspecified atom stereocenters. The molecule has 2 atom stereocenters. The highest BCUT2D eigenvalue weighted by Gasteiger charge is 2.42. The van der Waals surface area contributed by atoms with Gasteiger partial charge in [0.2, 0.25) is 5.91 Å². The van der Waals surface area contributed by atoms with Gasteiger partial charge in [-0.05, 0) is 75.0 Å². The summed E-state index contributed by atoms with van der Waals surface area (Å²) < 4.78 is 16.3. The Balaban J connectivity index is 1.50. The van der Waals surface area contributed by atoms with Crippen molar-refractivity contribution in [2.45, 2.75) is 39.3 Å². The summed E-state index contributed by atoms with van der Waals surface area (Å²) in [5, 5.41) is 6.71. The largest absolute Gasteiger partial charge is 0.352 e. The van der Waals surface area contributed by atoms with E-state index >= 15 is 0 Å². The van der Waals surface area contributed by atoms with Crippen LogP contribution in [-0.4, -0.2) is 32.0 Å². The van der Waals surface area contributed by atoms with Crippen LogP contribution in [0, 0.1) is 26.6 Å². The molecule has 2 aromatic heterocycles. The minimum absolute atomic E-state index is 0.151. The van der Waals surface area contributed by atoms with Crippen LogP contribution in [-0.2, 0) is 4.79 Å². The summed E-state index contributed by atoms with van der Waals surface area (Å²) in [4.78, 5) is 19.5. The molecule has 5 rings (SSSR count). The molecular weight excluding hydrogens is 497 g/mol. The number of pyridine rings is 1. The molecule has 0 spiro atoms. The fourth-order valence-electron chi connectivity index (χ4n) is 5.36. The lowest BCUT2D eigenvalue weighted by Crippen LogP contribution is -2.33. The molecule has 1 fully saturated rings. The van der Waals surface area contributed by atoms with E-state index in [9.17, 15) is 9.18 Å². The minimum atomic E-state index is -0.462. The minimum Gasteiger partial charge on any atom is -0.352 e. The Labute approximate surface area is 227 Å². The first kappa shape index (κ1) is 25.6. The third-order valence-electron chi connectivity index (χ3n) is 7.24. The summed E-state index contributed by atoms with van der Waals surface area (Å²) in [7, 11) is 0. The number of hydrogen-bond acceptors (Lipinski definition) is 3. The Morgan fingerprint density at radius 1 is 1.00 bits per heavy atom. The fraction of sp³-hybridized carbons (Fsp3) is 0.233. The van der Waals surface area contributed by atoms with Crippen molar-refractivity contribution in [2.24, 2.45) is 0 Å². The van der Waals surface area contributed by atoms with Crippen LogP contribution in [0.25, 0.3) is 5.69 Å². The lowest BCUT2D eigenvalue weighted by molar-refractivity contribution is -0.116. The predicted molar refractivity (Wildman–Crippen MR) is 152 cm³/mol. The van der Waals surface area contributed by atoms with Gasteiger partial charge in [0, 0.05) is 41.8 Å². The van der Waals surface area contributed by atoms with Crippen LogP contribution >= 0.6 is 12.2 Å². The van der Waals surface area contributed by atoms with E-state index in [1.54, 1.807) is 24.4 Å². The molecule has 2 N–H and O–H groups in total. The molecule has 194 valence electrons. The summed E-state index contributed by atoms with van der Waals surface area (Å²) in [5.41, 5.74) is 6.74. The number of carbonyl (C=O) groups excluding carboxylic acids is 1. The van der Waals surface area contributed by atoms with Crippen molar-refractivity contribution in [3.8, 4) is 5.69 Å². The highest BCUT2D eigenvalue weighted by atomic mass is 32.1. The molecule has 0 radical (unpaired) electrons. The zero-order valence-corrected chi connectivity index (χ0v) is 22.4. The van der Waals surface area contributed by atoms with Crippen molar-refractivity contribution in [1.82, 2.24) is 19.8 Å². The van der Waals surface area contributed by atoms with Crippen LogP contribution in [0.4, 0.5) is 10.1 Å². The molecular formula is C30H30FN5OS. The molecule has 1 amide bonds. The van der Waals surface area contributed by atoms with Crippen molar-refractivity contribution >= 4 is 28.9 Å². The Hall–Kier alpha value is -4.04. The second kappa shape index (κ2) is 10.8. The summed E-state index contributed by atoms with van der Waals surface area (Å²) in [6.45, 7) is 6.76. The Kier molecular flexibility index (Phi) is 7.24. The molecule has 6 nitrogen and oxygen atoms in total. The van der Waals surface area contributed by atoms with Gasteiger partial charge in [0.15, 0.2) is 5.11 Å². The number of rotatable bonds is 7. The van der Waals surface area contributed by atoms with Gasteiger partial charge in [-0.2, -0.15) is 0 Å². The monoisotopic (exact) mass is 527 g/mol. The lowest BCUT2D eigenvalue weighted by Gasteiger charge is -2.29. The standard InChI is InChI=1S/C30H30FN5OS/c1-19-20(2)36(22-11-5-4-6-12-22)21(3)27(19)29-28(25-15-9-10-17-32-25)34-30(38)35(29)18-16-26(37)33-24-14-8-7-13-23(24)31/h4-15,17,28-29H,16,18H2,1-3H3,(H,33,37)(H,34,38)/t28-,29+/m0/s1. The first-order valence-electron chi connectivity index (χ1n) is 12.6. The van der Waals surface area contributed by atoms with Gasteiger partial charge >= 0.3 is 0 Å². The van der Waals surface area contributed by atoms with Gasteiger partial charge in [0.25, 0.3) is 0 Å². The van der Waals surface area contributed by atoms with Crippen molar-refractivity contribution in [3.05, 3.63) is 113 Å². The van der Waals surface area contributed by atoms with Gasteiger partial charge in [-0.25, -0.2) is 4.39 Å². The molecule has 4 aromatic rings. The zero-order chi connectivity index (χ0) is 26.8. The van der Waals surface area contributed by atoms with E-state index in [0.717, 1.165) is 28.3 Å². The summed E-state index contributed by atoms with van der Waals surface area (Å²) in [5.74, 6) is -0.735. The number of nitrogens with zero attached hydrogens (tertiary/aromatic N) is 3. The smallest absolute Gasteiger partial charge is 0.226 e. The molecule has 3 heterocycles. The van der Waals surface area contributed by atoms with E-state index in [0.29, 0.717) is 11.7 Å². The Morgan fingerprint density at radius 2 is 1.71 bits per heavy atom. The van der Waals surface area contributed by atoms with Crippen LogP contribution in [0.2, 0.25) is 0 Å². The van der Waals surface area contributed by atoms with Crippen molar-refractivity contribution in [3.63, 3.8) is 0 Å². The predicted octanol–water partition coefficient (Wildman–Crippen LogP) is 5.94. The van der Waals surface area contributed by atoms with Gasteiger partial charge < -0.3 is 20.1 Å². The molecule has 0 bridgehead atoms. The van der Waals surface area contributed by atoms with E-state index in [1.807, 2.05) is 36.4 Å². The number of halogens is 1. The van der Waals surface area contributed by atoms with Crippen molar-refractivity contribution in [2.75, 3.05) is 11.9 Å².